The SMILES string of the molecule is Cn1ccc(COc2nccc(C(C#N)c3nc4cccnc4s3)n2)n1. The predicted octanol–water partition coefficient (Wildman–Crippen LogP) is 2.45. The Morgan fingerprint density at radius 3 is 2.92 bits per heavy atom. The summed E-state index contributed by atoms with van der Waals surface area (Å²) in [5.74, 6) is -0.602. The van der Waals surface area contributed by atoms with Gasteiger partial charge in [-0.2, -0.15) is 15.3 Å². The number of rotatable bonds is 5. The average molecular weight is 363 g/mol. The van der Waals surface area contributed by atoms with E-state index in [0.717, 1.165) is 16.0 Å². The molecule has 0 bridgehead atoms. The van der Waals surface area contributed by atoms with E-state index < -0.39 is 5.92 Å². The number of hydrogen-bond donors (Lipinski definition) is 0. The van der Waals surface area contributed by atoms with E-state index in [-0.39, 0.29) is 12.6 Å². The summed E-state index contributed by atoms with van der Waals surface area (Å²) in [6.07, 6.45) is 5.12. The Bertz CT molecular complexity index is 1060. The Morgan fingerprint density at radius 1 is 1.23 bits per heavy atom. The van der Waals surface area contributed by atoms with Crippen LogP contribution in [0.4, 0.5) is 0 Å². The number of thiazole rings is 1. The molecule has 0 aliphatic rings. The molecule has 4 aromatic heterocycles. The van der Waals surface area contributed by atoms with Gasteiger partial charge in [-0.1, -0.05) is 11.3 Å². The van der Waals surface area contributed by atoms with Crippen molar-refractivity contribution in [2.75, 3.05) is 0 Å². The normalized spacial score (nSPS) is 12.0. The van der Waals surface area contributed by atoms with Crippen LogP contribution >= 0.6 is 11.3 Å². The highest BCUT2D eigenvalue weighted by atomic mass is 32.1. The van der Waals surface area contributed by atoms with Gasteiger partial charge < -0.3 is 4.74 Å². The minimum absolute atomic E-state index is 0.202. The van der Waals surface area contributed by atoms with Crippen LogP contribution < -0.4 is 4.74 Å². The fourth-order valence-corrected chi connectivity index (χ4v) is 3.39. The minimum Gasteiger partial charge on any atom is -0.457 e. The molecule has 1 atom stereocenters. The lowest BCUT2D eigenvalue weighted by molar-refractivity contribution is 0.274. The van der Waals surface area contributed by atoms with Gasteiger partial charge in [0.2, 0.25) is 0 Å². The van der Waals surface area contributed by atoms with E-state index in [2.05, 4.69) is 31.1 Å². The van der Waals surface area contributed by atoms with Crippen LogP contribution in [-0.4, -0.2) is 29.7 Å². The Morgan fingerprint density at radius 2 is 2.15 bits per heavy atom. The molecule has 9 heteroatoms. The zero-order valence-electron chi connectivity index (χ0n) is 13.8. The summed E-state index contributed by atoms with van der Waals surface area (Å²) < 4.78 is 7.30. The highest BCUT2D eigenvalue weighted by Crippen LogP contribution is 2.29. The molecular weight excluding hydrogens is 350 g/mol. The van der Waals surface area contributed by atoms with Crippen molar-refractivity contribution in [2.45, 2.75) is 12.5 Å². The average Bonchev–Trinajstić information content (AvgIpc) is 3.27. The second-order valence-electron chi connectivity index (χ2n) is 5.48. The van der Waals surface area contributed by atoms with Crippen LogP contribution in [-0.2, 0) is 13.7 Å². The zero-order chi connectivity index (χ0) is 17.9. The van der Waals surface area contributed by atoms with Crippen molar-refractivity contribution in [3.05, 3.63) is 59.3 Å². The molecule has 0 radical (unpaired) electrons. The molecule has 0 amide bonds. The maximum absolute atomic E-state index is 9.64. The molecule has 0 spiro atoms. The van der Waals surface area contributed by atoms with Crippen molar-refractivity contribution in [3.8, 4) is 12.1 Å². The molecule has 0 saturated carbocycles. The summed E-state index contributed by atoms with van der Waals surface area (Å²) in [6.45, 7) is 0.257. The summed E-state index contributed by atoms with van der Waals surface area (Å²) in [7, 11) is 1.84. The molecule has 0 N–H and O–H groups in total. The van der Waals surface area contributed by atoms with Crippen molar-refractivity contribution in [1.82, 2.24) is 29.7 Å². The maximum atomic E-state index is 9.64. The number of ether oxygens (including phenoxy) is 1. The summed E-state index contributed by atoms with van der Waals surface area (Å²) in [6, 6.07) is 9.71. The van der Waals surface area contributed by atoms with Gasteiger partial charge in [0.1, 0.15) is 27.9 Å². The molecule has 8 nitrogen and oxygen atoms in total. The third kappa shape index (κ3) is 3.22. The number of nitriles is 1. The fourth-order valence-electron chi connectivity index (χ4n) is 2.42. The van der Waals surface area contributed by atoms with Crippen molar-refractivity contribution in [3.63, 3.8) is 0 Å². The van der Waals surface area contributed by atoms with Crippen molar-refractivity contribution >= 4 is 21.7 Å². The van der Waals surface area contributed by atoms with Gasteiger partial charge >= 0.3 is 6.01 Å². The lowest BCUT2D eigenvalue weighted by atomic mass is 10.1. The quantitative estimate of drug-likeness (QED) is 0.536. The largest absolute Gasteiger partial charge is 0.457 e. The third-order valence-corrected chi connectivity index (χ3v) is 4.67. The topological polar surface area (TPSA) is 102 Å². The van der Waals surface area contributed by atoms with Gasteiger partial charge in [0.25, 0.3) is 0 Å². The molecule has 0 saturated heterocycles. The van der Waals surface area contributed by atoms with Crippen LogP contribution in [0.3, 0.4) is 0 Å². The van der Waals surface area contributed by atoms with Crippen molar-refractivity contribution in [1.29, 1.82) is 5.26 Å². The Balaban J connectivity index is 1.58. The van der Waals surface area contributed by atoms with Crippen LogP contribution in [0.1, 0.15) is 22.3 Å². The minimum atomic E-state index is -0.602. The fraction of sp³-hybridized carbons (Fsp3) is 0.176. The van der Waals surface area contributed by atoms with Gasteiger partial charge in [0.15, 0.2) is 0 Å². The number of hydrogen-bond acceptors (Lipinski definition) is 8. The Labute approximate surface area is 152 Å². The van der Waals surface area contributed by atoms with Gasteiger partial charge in [-0.15, -0.1) is 0 Å². The lowest BCUT2D eigenvalue weighted by Crippen LogP contribution is -2.05. The van der Waals surface area contributed by atoms with Crippen LogP contribution in [0.25, 0.3) is 10.3 Å². The highest BCUT2D eigenvalue weighted by Gasteiger charge is 2.21. The van der Waals surface area contributed by atoms with E-state index in [1.165, 1.54) is 11.3 Å². The molecule has 0 aliphatic heterocycles. The molecule has 4 aromatic rings. The Kier molecular flexibility index (Phi) is 4.25. The molecule has 1 unspecified atom stereocenters. The van der Waals surface area contributed by atoms with Crippen LogP contribution in [0.5, 0.6) is 6.01 Å². The number of pyridine rings is 1. The standard InChI is InChI=1S/C17H13N7OS/c1-24-8-5-11(23-24)10-25-17-20-7-4-13(22-17)12(9-18)15-21-14-3-2-6-19-16(14)26-15/h2-8,12H,10H2,1H3. The lowest BCUT2D eigenvalue weighted by Gasteiger charge is -2.07. The van der Waals surface area contributed by atoms with Gasteiger partial charge in [-0.05, 0) is 24.3 Å². The zero-order valence-corrected chi connectivity index (χ0v) is 14.6. The van der Waals surface area contributed by atoms with Crippen LogP contribution in [0, 0.1) is 11.3 Å². The van der Waals surface area contributed by atoms with Crippen molar-refractivity contribution in [2.24, 2.45) is 7.05 Å². The monoisotopic (exact) mass is 363 g/mol. The summed E-state index contributed by atoms with van der Waals surface area (Å²) in [5, 5.41) is 14.5. The van der Waals surface area contributed by atoms with E-state index in [0.29, 0.717) is 10.7 Å². The highest BCUT2D eigenvalue weighted by molar-refractivity contribution is 7.18. The molecule has 0 fully saturated rings. The summed E-state index contributed by atoms with van der Waals surface area (Å²) in [5.41, 5.74) is 2.08. The van der Waals surface area contributed by atoms with E-state index in [1.54, 1.807) is 23.1 Å². The molecule has 128 valence electrons. The van der Waals surface area contributed by atoms with Gasteiger partial charge in [0.05, 0.1) is 17.5 Å². The molecule has 26 heavy (non-hydrogen) atoms. The maximum Gasteiger partial charge on any atom is 0.316 e. The molecule has 0 aliphatic carbocycles. The first-order chi connectivity index (χ1) is 12.7. The number of aryl methyl sites for hydroxylation is 1. The molecule has 0 aromatic carbocycles. The first-order valence-corrected chi connectivity index (χ1v) is 8.60. The van der Waals surface area contributed by atoms with Crippen molar-refractivity contribution < 1.29 is 4.74 Å². The number of fused-ring (bicyclic) bond motifs is 1. The first-order valence-electron chi connectivity index (χ1n) is 7.78. The van der Waals surface area contributed by atoms with Gasteiger partial charge in [-0.25, -0.2) is 15.0 Å². The predicted molar refractivity (Wildman–Crippen MR) is 94.4 cm³/mol. The first kappa shape index (κ1) is 16.1. The number of aromatic nitrogens is 6. The summed E-state index contributed by atoms with van der Waals surface area (Å²) >= 11 is 1.38. The molecule has 4 rings (SSSR count). The summed E-state index contributed by atoms with van der Waals surface area (Å²) in [4.78, 5) is 18.1. The third-order valence-electron chi connectivity index (χ3n) is 3.63. The van der Waals surface area contributed by atoms with E-state index in [1.807, 2.05) is 31.4 Å². The second kappa shape index (κ2) is 6.85. The smallest absolute Gasteiger partial charge is 0.316 e. The molecular formula is C17H13N7OS. The van der Waals surface area contributed by atoms with Crippen LogP contribution in [0.2, 0.25) is 0 Å². The van der Waals surface area contributed by atoms with Gasteiger partial charge in [0, 0.05) is 25.6 Å². The van der Waals surface area contributed by atoms with E-state index in [4.69, 9.17) is 4.74 Å². The van der Waals surface area contributed by atoms with Crippen LogP contribution in [0.15, 0.2) is 42.9 Å². The Hall–Kier alpha value is -3.38. The van der Waals surface area contributed by atoms with Gasteiger partial charge in [-0.3, -0.25) is 4.68 Å². The van der Waals surface area contributed by atoms with E-state index >= 15 is 0 Å². The number of nitrogens with zero attached hydrogens (tertiary/aromatic N) is 7. The van der Waals surface area contributed by atoms with E-state index in [9.17, 15) is 5.26 Å². The second-order valence-corrected chi connectivity index (χ2v) is 6.48. The molecule has 4 heterocycles.